The molecule has 0 bridgehead atoms. The quantitative estimate of drug-likeness (QED) is 0.713. The average molecular weight is 240 g/mol. The first-order chi connectivity index (χ1) is 8.46. The van der Waals surface area contributed by atoms with Crippen molar-refractivity contribution in [2.24, 2.45) is 16.7 Å². The molecule has 1 N–H and O–H groups in total. The zero-order valence-electron chi connectivity index (χ0n) is 10.9. The van der Waals surface area contributed by atoms with Crippen molar-refractivity contribution in [2.45, 2.75) is 33.6 Å². The molecular formula is C14H16N4. The second-order valence-electron chi connectivity index (χ2n) is 4.90. The molecule has 2 atom stereocenters. The van der Waals surface area contributed by atoms with E-state index in [-0.39, 0.29) is 5.71 Å². The molecule has 0 radical (unpaired) electrons. The molecule has 0 saturated heterocycles. The van der Waals surface area contributed by atoms with Gasteiger partial charge in [0, 0.05) is 5.41 Å². The van der Waals surface area contributed by atoms with Crippen LogP contribution in [0.5, 0.6) is 0 Å². The molecule has 1 fully saturated rings. The summed E-state index contributed by atoms with van der Waals surface area (Å²) in [6.45, 7) is 5.59. The van der Waals surface area contributed by atoms with E-state index in [1.165, 1.54) is 0 Å². The fourth-order valence-corrected chi connectivity index (χ4v) is 2.63. The molecule has 1 rings (SSSR count). The monoisotopic (exact) mass is 240 g/mol. The van der Waals surface area contributed by atoms with Gasteiger partial charge in [0.15, 0.2) is 5.41 Å². The van der Waals surface area contributed by atoms with Crippen molar-refractivity contribution in [3.8, 4) is 18.2 Å². The van der Waals surface area contributed by atoms with Gasteiger partial charge in [-0.3, -0.25) is 0 Å². The van der Waals surface area contributed by atoms with Crippen LogP contribution in [0.1, 0.15) is 33.6 Å². The van der Waals surface area contributed by atoms with Gasteiger partial charge in [-0.15, -0.1) is 0 Å². The van der Waals surface area contributed by atoms with Gasteiger partial charge in [0.25, 0.3) is 0 Å². The second-order valence-corrected chi connectivity index (χ2v) is 4.90. The van der Waals surface area contributed by atoms with Gasteiger partial charge in [-0.1, -0.05) is 25.5 Å². The molecule has 92 valence electrons. The Labute approximate surface area is 108 Å². The molecule has 0 heterocycles. The van der Waals surface area contributed by atoms with E-state index in [2.05, 4.69) is 0 Å². The third-order valence-electron chi connectivity index (χ3n) is 4.18. The van der Waals surface area contributed by atoms with Gasteiger partial charge in [0.05, 0.1) is 23.9 Å². The van der Waals surface area contributed by atoms with E-state index in [1.54, 1.807) is 0 Å². The van der Waals surface area contributed by atoms with Gasteiger partial charge in [-0.05, 0) is 19.8 Å². The third-order valence-corrected chi connectivity index (χ3v) is 4.18. The lowest BCUT2D eigenvalue weighted by Gasteiger charge is -2.45. The van der Waals surface area contributed by atoms with Gasteiger partial charge in [0.2, 0.25) is 0 Å². The first kappa shape index (κ1) is 13.9. The zero-order valence-corrected chi connectivity index (χ0v) is 10.9. The Morgan fingerprint density at radius 3 is 2.28 bits per heavy atom. The summed E-state index contributed by atoms with van der Waals surface area (Å²) in [6.07, 6.45) is 2.96. The highest BCUT2D eigenvalue weighted by Gasteiger charge is 2.57. The van der Waals surface area contributed by atoms with E-state index in [4.69, 9.17) is 5.41 Å². The standard InChI is InChI=1S/C14H16N4/c1-4-10-6-13(3,5-2)14(8-16,9-17)12(18)11(10)7-15/h4,11,18H,5-6H2,1-3H3/b10-4+,18-12?/t11-,13+/m0/s1. The lowest BCUT2D eigenvalue weighted by atomic mass is 9.52. The molecule has 4 nitrogen and oxygen atoms in total. The van der Waals surface area contributed by atoms with Crippen molar-refractivity contribution < 1.29 is 0 Å². The summed E-state index contributed by atoms with van der Waals surface area (Å²) in [6, 6.07) is 6.05. The minimum absolute atomic E-state index is 0.0706. The predicted octanol–water partition coefficient (Wildman–Crippen LogP) is 2.95. The summed E-state index contributed by atoms with van der Waals surface area (Å²) < 4.78 is 0. The predicted molar refractivity (Wildman–Crippen MR) is 67.3 cm³/mol. The number of allylic oxidation sites excluding steroid dienone is 2. The van der Waals surface area contributed by atoms with Crippen LogP contribution < -0.4 is 0 Å². The van der Waals surface area contributed by atoms with Crippen LogP contribution in [0, 0.1) is 56.2 Å². The highest BCUT2D eigenvalue weighted by atomic mass is 14.7. The van der Waals surface area contributed by atoms with E-state index < -0.39 is 16.7 Å². The Morgan fingerprint density at radius 1 is 1.39 bits per heavy atom. The van der Waals surface area contributed by atoms with Crippen LogP contribution >= 0.6 is 0 Å². The van der Waals surface area contributed by atoms with Crippen molar-refractivity contribution in [3.05, 3.63) is 11.6 Å². The third kappa shape index (κ3) is 1.52. The Hall–Kier alpha value is -2.12. The van der Waals surface area contributed by atoms with Crippen LogP contribution in [0.3, 0.4) is 0 Å². The molecule has 0 amide bonds. The maximum Gasteiger partial charge on any atom is 0.187 e. The minimum Gasteiger partial charge on any atom is -0.305 e. The zero-order chi connectivity index (χ0) is 14.0. The summed E-state index contributed by atoms with van der Waals surface area (Å²) in [4.78, 5) is 0. The van der Waals surface area contributed by atoms with Crippen LogP contribution in [0.15, 0.2) is 11.6 Å². The van der Waals surface area contributed by atoms with Gasteiger partial charge in [-0.2, -0.15) is 15.8 Å². The fourth-order valence-electron chi connectivity index (χ4n) is 2.63. The second kappa shape index (κ2) is 4.63. The van der Waals surface area contributed by atoms with Crippen molar-refractivity contribution >= 4 is 5.71 Å². The number of hydrogen-bond acceptors (Lipinski definition) is 4. The summed E-state index contributed by atoms with van der Waals surface area (Å²) >= 11 is 0. The lowest BCUT2D eigenvalue weighted by molar-refractivity contribution is 0.196. The number of nitrogens with one attached hydrogen (secondary N) is 1. The Kier molecular flexibility index (Phi) is 3.59. The molecule has 1 aliphatic carbocycles. The molecule has 0 unspecified atom stereocenters. The summed E-state index contributed by atoms with van der Waals surface area (Å²) in [5.74, 6) is -0.742. The molecule has 0 spiro atoms. The normalized spacial score (nSPS) is 32.3. The van der Waals surface area contributed by atoms with E-state index in [1.807, 2.05) is 45.1 Å². The van der Waals surface area contributed by atoms with E-state index >= 15 is 0 Å². The Balaban J connectivity index is 3.53. The average Bonchev–Trinajstić information content (AvgIpc) is 2.39. The molecule has 1 aliphatic rings. The lowest BCUT2D eigenvalue weighted by Crippen LogP contribution is -2.51. The molecule has 0 aromatic carbocycles. The van der Waals surface area contributed by atoms with Crippen molar-refractivity contribution in [3.63, 3.8) is 0 Å². The molecule has 0 aromatic heterocycles. The van der Waals surface area contributed by atoms with Crippen LogP contribution in [0.4, 0.5) is 0 Å². The topological polar surface area (TPSA) is 95.2 Å². The SMILES string of the molecule is C/C=C1\C[C@@](C)(CC)C(C#N)(C#N)C(=N)[C@H]1C#N. The van der Waals surface area contributed by atoms with Crippen LogP contribution in [-0.2, 0) is 0 Å². The van der Waals surface area contributed by atoms with Gasteiger partial charge >= 0.3 is 0 Å². The van der Waals surface area contributed by atoms with Gasteiger partial charge in [0.1, 0.15) is 5.92 Å². The first-order valence-corrected chi connectivity index (χ1v) is 5.92. The highest BCUT2D eigenvalue weighted by Crippen LogP contribution is 2.53. The van der Waals surface area contributed by atoms with Crippen molar-refractivity contribution in [2.75, 3.05) is 0 Å². The fraction of sp³-hybridized carbons (Fsp3) is 0.571. The van der Waals surface area contributed by atoms with E-state index in [0.29, 0.717) is 12.8 Å². The highest BCUT2D eigenvalue weighted by molar-refractivity contribution is 6.00. The maximum atomic E-state index is 9.41. The van der Waals surface area contributed by atoms with Crippen LogP contribution in [0.25, 0.3) is 0 Å². The van der Waals surface area contributed by atoms with Gasteiger partial charge < -0.3 is 5.41 Å². The molecule has 0 aromatic rings. The summed E-state index contributed by atoms with van der Waals surface area (Å²) in [5.41, 5.74) is -1.33. The number of rotatable bonds is 1. The number of nitriles is 3. The molecule has 0 aliphatic heterocycles. The van der Waals surface area contributed by atoms with E-state index in [0.717, 1.165) is 5.57 Å². The van der Waals surface area contributed by atoms with Crippen molar-refractivity contribution in [1.82, 2.24) is 0 Å². The molecular weight excluding hydrogens is 224 g/mol. The Morgan fingerprint density at radius 2 is 1.94 bits per heavy atom. The summed E-state index contributed by atoms with van der Waals surface area (Å²) in [7, 11) is 0. The molecule has 4 heteroatoms. The number of nitrogens with zero attached hydrogens (tertiary/aromatic N) is 3. The van der Waals surface area contributed by atoms with Gasteiger partial charge in [-0.25, -0.2) is 0 Å². The largest absolute Gasteiger partial charge is 0.305 e. The van der Waals surface area contributed by atoms with E-state index in [9.17, 15) is 15.8 Å². The summed E-state index contributed by atoms with van der Waals surface area (Å²) in [5, 5.41) is 36.1. The maximum absolute atomic E-state index is 9.41. The smallest absolute Gasteiger partial charge is 0.187 e. The van der Waals surface area contributed by atoms with Crippen LogP contribution in [-0.4, -0.2) is 5.71 Å². The first-order valence-electron chi connectivity index (χ1n) is 5.92. The Bertz CT molecular complexity index is 509. The van der Waals surface area contributed by atoms with Crippen LogP contribution in [0.2, 0.25) is 0 Å². The number of hydrogen-bond donors (Lipinski definition) is 1. The molecule has 18 heavy (non-hydrogen) atoms. The molecule has 1 saturated carbocycles. The van der Waals surface area contributed by atoms with Crippen molar-refractivity contribution in [1.29, 1.82) is 21.2 Å². The minimum atomic E-state index is -1.49.